The minimum Gasteiger partial charge on any atom is -0.462 e. The Labute approximate surface area is 486 Å². The van der Waals surface area contributed by atoms with E-state index < -0.39 is 6.10 Å². The molecule has 0 aromatic rings. The molecule has 0 aliphatic heterocycles. The van der Waals surface area contributed by atoms with Crippen molar-refractivity contribution in [3.05, 3.63) is 48.6 Å². The zero-order valence-corrected chi connectivity index (χ0v) is 52.5. The van der Waals surface area contributed by atoms with Gasteiger partial charge in [-0.1, -0.05) is 320 Å². The lowest BCUT2D eigenvalue weighted by molar-refractivity contribution is -0.167. The highest BCUT2D eigenvalue weighted by Gasteiger charge is 2.19. The molecule has 0 spiro atoms. The van der Waals surface area contributed by atoms with Crippen LogP contribution in [0, 0.1) is 0 Å². The van der Waals surface area contributed by atoms with Crippen molar-refractivity contribution in [1.29, 1.82) is 0 Å². The third kappa shape index (κ3) is 64.2. The predicted octanol–water partition coefficient (Wildman–Crippen LogP) is 23.7. The molecule has 0 radical (unpaired) electrons. The average Bonchev–Trinajstić information content (AvgIpc) is 3.44. The van der Waals surface area contributed by atoms with Gasteiger partial charge in [-0.25, -0.2) is 0 Å². The number of allylic oxidation sites excluding steroid dienone is 8. The molecular weight excluding hydrogens is 961 g/mol. The Kier molecular flexibility index (Phi) is 64.6. The number of hydrogen-bond acceptors (Lipinski definition) is 6. The van der Waals surface area contributed by atoms with Crippen LogP contribution in [0.5, 0.6) is 0 Å². The number of carbonyl (C=O) groups is 3. The van der Waals surface area contributed by atoms with Gasteiger partial charge in [0.1, 0.15) is 13.2 Å². The maximum Gasteiger partial charge on any atom is 0.306 e. The molecule has 456 valence electrons. The smallest absolute Gasteiger partial charge is 0.306 e. The number of esters is 3. The standard InChI is InChI=1S/C72H132O6/c1-4-7-10-13-16-18-20-22-24-26-28-30-31-32-33-34-35-36-37-38-39-40-41-43-44-46-48-50-52-54-56-59-62-65-71(74)77-68-69(67-76-70(73)64-61-58-15-12-9-6-3)78-72(75)66-63-60-57-55-53-51-49-47-45-42-29-27-25-23-21-19-17-14-11-8-5-2/h21,23,26-29,45,47,69H,4-20,22,24-25,30-44,46,48-68H2,1-3H3/b23-21-,28-26-,29-27-,47-45-. The van der Waals surface area contributed by atoms with E-state index in [1.165, 1.54) is 257 Å². The van der Waals surface area contributed by atoms with E-state index in [2.05, 4.69) is 69.4 Å². The highest BCUT2D eigenvalue weighted by Crippen LogP contribution is 2.18. The summed E-state index contributed by atoms with van der Waals surface area (Å²) >= 11 is 0. The van der Waals surface area contributed by atoms with Gasteiger partial charge < -0.3 is 14.2 Å². The van der Waals surface area contributed by atoms with Crippen molar-refractivity contribution in [3.63, 3.8) is 0 Å². The maximum absolute atomic E-state index is 12.8. The monoisotopic (exact) mass is 1090 g/mol. The van der Waals surface area contributed by atoms with Crippen LogP contribution in [0.4, 0.5) is 0 Å². The molecule has 0 aliphatic rings. The molecule has 0 aliphatic carbocycles. The zero-order chi connectivity index (χ0) is 56.4. The first kappa shape index (κ1) is 75.4. The van der Waals surface area contributed by atoms with Gasteiger partial charge in [0.15, 0.2) is 6.10 Å². The van der Waals surface area contributed by atoms with E-state index in [4.69, 9.17) is 14.2 Å². The van der Waals surface area contributed by atoms with E-state index in [0.717, 1.165) is 77.0 Å². The van der Waals surface area contributed by atoms with E-state index in [-0.39, 0.29) is 31.1 Å². The number of rotatable bonds is 64. The van der Waals surface area contributed by atoms with E-state index >= 15 is 0 Å². The van der Waals surface area contributed by atoms with Crippen LogP contribution < -0.4 is 0 Å². The Hall–Kier alpha value is -2.63. The van der Waals surface area contributed by atoms with Crippen molar-refractivity contribution in [1.82, 2.24) is 0 Å². The SMILES string of the molecule is CCCCCCC/C=C\C/C=C\C/C=C\CCCCCCCCC(=O)OC(COC(=O)CCCCCCCC)COC(=O)CCCCCCCCCCCCCCCCCCCCCCC/C=C\CCCCCCCCCC. The minimum atomic E-state index is -0.776. The highest BCUT2D eigenvalue weighted by molar-refractivity contribution is 5.71. The molecule has 0 N–H and O–H groups in total. The molecule has 0 rings (SSSR count). The summed E-state index contributed by atoms with van der Waals surface area (Å²) in [5.41, 5.74) is 0. The van der Waals surface area contributed by atoms with Crippen LogP contribution in [0.2, 0.25) is 0 Å². The van der Waals surface area contributed by atoms with E-state index in [0.29, 0.717) is 19.3 Å². The van der Waals surface area contributed by atoms with Gasteiger partial charge in [-0.15, -0.1) is 0 Å². The maximum atomic E-state index is 12.8. The van der Waals surface area contributed by atoms with Crippen LogP contribution in [0.3, 0.4) is 0 Å². The van der Waals surface area contributed by atoms with Gasteiger partial charge in [0.2, 0.25) is 0 Å². The Morgan fingerprint density at radius 3 is 0.731 bits per heavy atom. The topological polar surface area (TPSA) is 78.9 Å². The first-order valence-electron chi connectivity index (χ1n) is 34.6. The minimum absolute atomic E-state index is 0.0748. The van der Waals surface area contributed by atoms with Gasteiger partial charge in [-0.2, -0.15) is 0 Å². The van der Waals surface area contributed by atoms with Gasteiger partial charge in [-0.3, -0.25) is 14.4 Å². The van der Waals surface area contributed by atoms with Crippen LogP contribution >= 0.6 is 0 Å². The largest absolute Gasteiger partial charge is 0.462 e. The summed E-state index contributed by atoms with van der Waals surface area (Å²) in [4.78, 5) is 38.0. The summed E-state index contributed by atoms with van der Waals surface area (Å²) in [5, 5.41) is 0. The van der Waals surface area contributed by atoms with E-state index in [1.807, 2.05) is 0 Å². The predicted molar refractivity (Wildman–Crippen MR) is 339 cm³/mol. The molecule has 0 aromatic heterocycles. The van der Waals surface area contributed by atoms with Crippen molar-refractivity contribution < 1.29 is 28.6 Å². The Morgan fingerprint density at radius 1 is 0.256 bits per heavy atom. The number of carbonyl (C=O) groups excluding carboxylic acids is 3. The number of unbranched alkanes of at least 4 members (excludes halogenated alkanes) is 45. The summed E-state index contributed by atoms with van der Waals surface area (Å²) in [6.45, 7) is 6.61. The molecule has 0 bridgehead atoms. The Bertz CT molecular complexity index is 1350. The van der Waals surface area contributed by atoms with Crippen molar-refractivity contribution in [2.45, 2.75) is 380 Å². The quantitative estimate of drug-likeness (QED) is 0.0261. The summed E-state index contributed by atoms with van der Waals surface area (Å²) in [7, 11) is 0. The van der Waals surface area contributed by atoms with Gasteiger partial charge in [0.25, 0.3) is 0 Å². The molecule has 0 saturated carbocycles. The zero-order valence-electron chi connectivity index (χ0n) is 52.5. The molecule has 0 saturated heterocycles. The first-order valence-corrected chi connectivity index (χ1v) is 34.6. The fourth-order valence-corrected chi connectivity index (χ4v) is 10.3. The number of ether oxygens (including phenoxy) is 3. The summed E-state index contributed by atoms with van der Waals surface area (Å²) in [6.07, 6.45) is 84.7. The lowest BCUT2D eigenvalue weighted by atomic mass is 10.0. The third-order valence-corrected chi connectivity index (χ3v) is 15.6. The molecule has 1 atom stereocenters. The van der Waals surface area contributed by atoms with Crippen molar-refractivity contribution in [2.24, 2.45) is 0 Å². The van der Waals surface area contributed by atoms with Gasteiger partial charge in [-0.05, 0) is 83.5 Å². The average molecular weight is 1090 g/mol. The van der Waals surface area contributed by atoms with E-state index in [1.54, 1.807) is 0 Å². The van der Waals surface area contributed by atoms with Crippen molar-refractivity contribution in [3.8, 4) is 0 Å². The molecule has 0 amide bonds. The van der Waals surface area contributed by atoms with Crippen LogP contribution in [0.15, 0.2) is 48.6 Å². The Morgan fingerprint density at radius 2 is 0.462 bits per heavy atom. The molecular formula is C72H132O6. The van der Waals surface area contributed by atoms with Crippen molar-refractivity contribution >= 4 is 17.9 Å². The lowest BCUT2D eigenvalue weighted by Gasteiger charge is -2.18. The molecule has 6 heteroatoms. The molecule has 78 heavy (non-hydrogen) atoms. The second-order valence-electron chi connectivity index (χ2n) is 23.4. The lowest BCUT2D eigenvalue weighted by Crippen LogP contribution is -2.30. The molecule has 0 heterocycles. The van der Waals surface area contributed by atoms with E-state index in [9.17, 15) is 14.4 Å². The fraction of sp³-hybridized carbons (Fsp3) is 0.847. The molecule has 0 fully saturated rings. The van der Waals surface area contributed by atoms with Crippen LogP contribution in [0.1, 0.15) is 374 Å². The van der Waals surface area contributed by atoms with Gasteiger partial charge in [0, 0.05) is 19.3 Å². The third-order valence-electron chi connectivity index (χ3n) is 15.6. The van der Waals surface area contributed by atoms with Crippen LogP contribution in [0.25, 0.3) is 0 Å². The van der Waals surface area contributed by atoms with Crippen LogP contribution in [-0.4, -0.2) is 37.2 Å². The second kappa shape index (κ2) is 66.9. The number of hydrogen-bond donors (Lipinski definition) is 0. The summed E-state index contributed by atoms with van der Waals surface area (Å²) < 4.78 is 16.8. The molecule has 0 aromatic carbocycles. The fourth-order valence-electron chi connectivity index (χ4n) is 10.3. The van der Waals surface area contributed by atoms with Gasteiger partial charge in [0.05, 0.1) is 0 Å². The molecule has 1 unspecified atom stereocenters. The van der Waals surface area contributed by atoms with Gasteiger partial charge >= 0.3 is 17.9 Å². The first-order chi connectivity index (χ1) is 38.5. The highest BCUT2D eigenvalue weighted by atomic mass is 16.6. The Balaban J connectivity index is 3.97. The summed E-state index contributed by atoms with van der Waals surface area (Å²) in [5.74, 6) is -0.878. The van der Waals surface area contributed by atoms with Crippen molar-refractivity contribution in [2.75, 3.05) is 13.2 Å². The second-order valence-corrected chi connectivity index (χ2v) is 23.4. The molecule has 6 nitrogen and oxygen atoms in total. The summed E-state index contributed by atoms with van der Waals surface area (Å²) in [6, 6.07) is 0. The van der Waals surface area contributed by atoms with Crippen LogP contribution in [-0.2, 0) is 28.6 Å². The normalized spacial score (nSPS) is 12.3.